The lowest BCUT2D eigenvalue weighted by molar-refractivity contribution is -0.0554. The molecule has 1 unspecified atom stereocenters. The lowest BCUT2D eigenvalue weighted by atomic mass is 9.60. The maximum Gasteiger partial charge on any atom is 0.0849 e. The highest BCUT2D eigenvalue weighted by molar-refractivity contribution is 5.36. The van der Waals surface area contributed by atoms with Crippen molar-refractivity contribution in [2.24, 2.45) is 23.2 Å². The largest absolute Gasteiger partial charge is 0.393 e. The first-order valence-electron chi connectivity index (χ1n) is 12.2. The van der Waals surface area contributed by atoms with Crippen molar-refractivity contribution in [2.75, 3.05) is 0 Å². The SMILES string of the molecule is C=C1CC[C@H](O)C/C1=C\C=C1/CCCC2(C)[C@@H]([C@H](C)CC[C@@H](O)C(C)(C)O)CC[C@@H]12. The molecule has 0 radical (unpaired) electrons. The fraction of sp³-hybridized carbons (Fsp3) is 0.778. The molecule has 3 N–H and O–H groups in total. The van der Waals surface area contributed by atoms with Crippen molar-refractivity contribution in [3.63, 3.8) is 0 Å². The van der Waals surface area contributed by atoms with Crippen molar-refractivity contribution >= 4 is 0 Å². The van der Waals surface area contributed by atoms with Gasteiger partial charge >= 0.3 is 0 Å². The van der Waals surface area contributed by atoms with E-state index in [-0.39, 0.29) is 6.10 Å². The van der Waals surface area contributed by atoms with Crippen LogP contribution in [0.25, 0.3) is 0 Å². The summed E-state index contributed by atoms with van der Waals surface area (Å²) in [5.41, 5.74) is 3.34. The first kappa shape index (κ1) is 23.8. The highest BCUT2D eigenvalue weighted by Crippen LogP contribution is 2.60. The minimum Gasteiger partial charge on any atom is -0.393 e. The van der Waals surface area contributed by atoms with E-state index in [0.29, 0.717) is 29.6 Å². The number of fused-ring (bicyclic) bond motifs is 1. The van der Waals surface area contributed by atoms with Gasteiger partial charge in [-0.2, -0.15) is 0 Å². The topological polar surface area (TPSA) is 60.7 Å². The molecule has 3 saturated carbocycles. The van der Waals surface area contributed by atoms with Crippen LogP contribution in [-0.4, -0.2) is 33.1 Å². The highest BCUT2D eigenvalue weighted by Gasteiger charge is 2.50. The van der Waals surface area contributed by atoms with Crippen LogP contribution in [0.4, 0.5) is 0 Å². The Balaban J connectivity index is 1.69. The van der Waals surface area contributed by atoms with Crippen LogP contribution < -0.4 is 0 Å². The normalized spacial score (nSPS) is 37.4. The van der Waals surface area contributed by atoms with Gasteiger partial charge in [0.1, 0.15) is 0 Å². The Kier molecular flexibility index (Phi) is 7.37. The number of hydrogen-bond acceptors (Lipinski definition) is 3. The van der Waals surface area contributed by atoms with Crippen LogP contribution in [0.5, 0.6) is 0 Å². The average molecular weight is 417 g/mol. The minimum absolute atomic E-state index is 0.215. The molecular weight excluding hydrogens is 372 g/mol. The van der Waals surface area contributed by atoms with Crippen molar-refractivity contribution in [2.45, 2.75) is 110 Å². The number of aliphatic hydroxyl groups excluding tert-OH is 2. The van der Waals surface area contributed by atoms with Gasteiger partial charge in [0.15, 0.2) is 0 Å². The quantitative estimate of drug-likeness (QED) is 0.520. The maximum absolute atomic E-state index is 10.3. The lowest BCUT2D eigenvalue weighted by Gasteiger charge is -2.44. The van der Waals surface area contributed by atoms with E-state index in [1.54, 1.807) is 19.4 Å². The Morgan fingerprint density at radius 2 is 1.90 bits per heavy atom. The van der Waals surface area contributed by atoms with Crippen LogP contribution in [0.15, 0.2) is 35.5 Å². The first-order valence-corrected chi connectivity index (χ1v) is 12.2. The second kappa shape index (κ2) is 9.30. The van der Waals surface area contributed by atoms with Crippen LogP contribution in [0, 0.1) is 23.2 Å². The standard InChI is InChI=1S/C27H44O3/c1-18-8-12-22(28)17-21(18)11-10-20-7-6-16-27(5)23(13-14-24(20)27)19(2)9-15-25(29)26(3,4)30/h10-11,19,22-25,28-30H,1,6-9,12-17H2,2-5H3/b20-10+,21-11+/t19-,22+,23-,24+,25-,27?/m1/s1. The van der Waals surface area contributed by atoms with Crippen molar-refractivity contribution in [1.29, 1.82) is 0 Å². The molecule has 0 saturated heterocycles. The van der Waals surface area contributed by atoms with Gasteiger partial charge in [0, 0.05) is 0 Å². The van der Waals surface area contributed by atoms with E-state index in [4.69, 9.17) is 0 Å². The third kappa shape index (κ3) is 5.11. The Morgan fingerprint density at radius 3 is 2.60 bits per heavy atom. The molecule has 0 spiro atoms. The fourth-order valence-corrected chi connectivity index (χ4v) is 6.58. The zero-order valence-electron chi connectivity index (χ0n) is 19.7. The van der Waals surface area contributed by atoms with Gasteiger partial charge in [-0.1, -0.05) is 43.7 Å². The van der Waals surface area contributed by atoms with Gasteiger partial charge in [-0.05, 0) is 107 Å². The summed E-state index contributed by atoms with van der Waals surface area (Å²) in [6.45, 7) is 12.5. The lowest BCUT2D eigenvalue weighted by Crippen LogP contribution is -2.38. The smallest absolute Gasteiger partial charge is 0.0849 e. The van der Waals surface area contributed by atoms with E-state index in [1.165, 1.54) is 43.3 Å². The molecule has 0 aromatic heterocycles. The molecule has 3 fully saturated rings. The molecule has 0 heterocycles. The molecule has 170 valence electrons. The van der Waals surface area contributed by atoms with Crippen LogP contribution in [0.1, 0.15) is 91.9 Å². The summed E-state index contributed by atoms with van der Waals surface area (Å²) in [5, 5.41) is 30.3. The fourth-order valence-electron chi connectivity index (χ4n) is 6.58. The van der Waals surface area contributed by atoms with E-state index in [0.717, 1.165) is 25.7 Å². The van der Waals surface area contributed by atoms with Gasteiger partial charge in [-0.3, -0.25) is 0 Å². The van der Waals surface area contributed by atoms with Gasteiger partial charge < -0.3 is 15.3 Å². The van der Waals surface area contributed by atoms with Crippen LogP contribution >= 0.6 is 0 Å². The second-order valence-corrected chi connectivity index (χ2v) is 11.3. The van der Waals surface area contributed by atoms with E-state index in [2.05, 4.69) is 32.6 Å². The Morgan fingerprint density at radius 1 is 1.17 bits per heavy atom. The van der Waals surface area contributed by atoms with Crippen molar-refractivity contribution in [3.8, 4) is 0 Å². The van der Waals surface area contributed by atoms with Crippen molar-refractivity contribution in [1.82, 2.24) is 0 Å². The zero-order chi connectivity index (χ0) is 22.1. The summed E-state index contributed by atoms with van der Waals surface area (Å²) in [6, 6.07) is 0. The van der Waals surface area contributed by atoms with Gasteiger partial charge in [0.05, 0.1) is 17.8 Å². The Hall–Kier alpha value is -0.900. The molecule has 0 aromatic rings. The number of hydrogen-bond donors (Lipinski definition) is 3. The van der Waals surface area contributed by atoms with E-state index >= 15 is 0 Å². The van der Waals surface area contributed by atoms with E-state index in [1.807, 2.05) is 0 Å². The van der Waals surface area contributed by atoms with Crippen molar-refractivity contribution in [3.05, 3.63) is 35.5 Å². The predicted molar refractivity (Wildman–Crippen MR) is 124 cm³/mol. The van der Waals surface area contributed by atoms with Crippen LogP contribution in [0.3, 0.4) is 0 Å². The van der Waals surface area contributed by atoms with E-state index in [9.17, 15) is 15.3 Å². The third-order valence-electron chi connectivity index (χ3n) is 8.62. The van der Waals surface area contributed by atoms with Gasteiger partial charge in [-0.25, -0.2) is 0 Å². The van der Waals surface area contributed by atoms with Crippen molar-refractivity contribution < 1.29 is 15.3 Å². The maximum atomic E-state index is 10.3. The summed E-state index contributed by atoms with van der Waals surface area (Å²) in [4.78, 5) is 0. The molecular formula is C27H44O3. The molecule has 3 rings (SSSR count). The summed E-state index contributed by atoms with van der Waals surface area (Å²) in [7, 11) is 0. The number of rotatable bonds is 6. The van der Waals surface area contributed by atoms with Gasteiger partial charge in [0.2, 0.25) is 0 Å². The zero-order valence-corrected chi connectivity index (χ0v) is 19.7. The summed E-state index contributed by atoms with van der Waals surface area (Å²) in [6.07, 6.45) is 14.1. The summed E-state index contributed by atoms with van der Waals surface area (Å²) in [5.74, 6) is 1.89. The third-order valence-corrected chi connectivity index (χ3v) is 8.62. The molecule has 30 heavy (non-hydrogen) atoms. The van der Waals surface area contributed by atoms with Crippen LogP contribution in [0.2, 0.25) is 0 Å². The Bertz CT molecular complexity index is 683. The second-order valence-electron chi connectivity index (χ2n) is 11.3. The molecule has 3 aliphatic rings. The molecule has 3 heteroatoms. The molecule has 0 amide bonds. The predicted octanol–water partition coefficient (Wildman–Crippen LogP) is 5.70. The van der Waals surface area contributed by atoms with Gasteiger partial charge in [-0.15, -0.1) is 0 Å². The number of allylic oxidation sites excluding steroid dienone is 4. The molecule has 6 atom stereocenters. The monoisotopic (exact) mass is 416 g/mol. The molecule has 0 bridgehead atoms. The van der Waals surface area contributed by atoms with Gasteiger partial charge in [0.25, 0.3) is 0 Å². The molecule has 0 aliphatic heterocycles. The minimum atomic E-state index is -1.02. The first-order chi connectivity index (χ1) is 14.0. The number of aliphatic hydroxyl groups is 3. The van der Waals surface area contributed by atoms with Crippen LogP contribution in [-0.2, 0) is 0 Å². The Labute approximate surface area is 184 Å². The highest BCUT2D eigenvalue weighted by atomic mass is 16.3. The van der Waals surface area contributed by atoms with E-state index < -0.39 is 11.7 Å². The average Bonchev–Trinajstić information content (AvgIpc) is 3.03. The molecule has 3 nitrogen and oxygen atoms in total. The summed E-state index contributed by atoms with van der Waals surface area (Å²) >= 11 is 0. The summed E-state index contributed by atoms with van der Waals surface area (Å²) < 4.78 is 0. The molecule has 0 aromatic carbocycles. The molecule has 3 aliphatic carbocycles.